The van der Waals surface area contributed by atoms with Crippen molar-refractivity contribution in [1.29, 1.82) is 5.26 Å². The topological polar surface area (TPSA) is 111 Å². The molecule has 0 fully saturated rings. The van der Waals surface area contributed by atoms with E-state index in [4.69, 9.17) is 15.5 Å². The van der Waals surface area contributed by atoms with Crippen molar-refractivity contribution in [3.63, 3.8) is 0 Å². The van der Waals surface area contributed by atoms with E-state index in [1.807, 2.05) is 0 Å². The van der Waals surface area contributed by atoms with E-state index in [0.717, 1.165) is 12.1 Å². The molecule has 20 heavy (non-hydrogen) atoms. The fraction of sp³-hybridized carbons (Fsp3) is 0.100. The Balaban J connectivity index is 3.52. The maximum Gasteiger partial charge on any atom is 0.573 e. The molecule has 0 aliphatic carbocycles. The highest BCUT2D eigenvalue weighted by atomic mass is 19.4. The highest BCUT2D eigenvalue weighted by Gasteiger charge is 2.36. The molecule has 0 spiro atoms. The molecule has 0 unspecified atom stereocenters. The number of imide groups is 1. The van der Waals surface area contributed by atoms with Gasteiger partial charge in [-0.05, 0) is 12.1 Å². The van der Waals surface area contributed by atoms with E-state index in [1.165, 1.54) is 6.07 Å². The number of nitrogens with zero attached hydrogens (tertiary/aromatic N) is 2. The number of hydrogen-bond donors (Lipinski definition) is 2. The van der Waals surface area contributed by atoms with Gasteiger partial charge in [0.2, 0.25) is 0 Å². The van der Waals surface area contributed by atoms with E-state index in [-0.39, 0.29) is 0 Å². The minimum atomic E-state index is -5.18. The number of amides is 2. The molecule has 0 saturated heterocycles. The number of carbonyl (C=O) groups is 2. The van der Waals surface area contributed by atoms with Crippen LogP contribution in [0.1, 0.15) is 5.56 Å². The monoisotopic (exact) mass is 290 g/mol. The van der Waals surface area contributed by atoms with Crippen LogP contribution >= 0.6 is 0 Å². The Morgan fingerprint density at radius 1 is 1.25 bits per heavy atom. The summed E-state index contributed by atoms with van der Waals surface area (Å²) in [5.41, 5.74) is -1.62. The Kier molecular flexibility index (Phi) is 4.04. The molecule has 0 heterocycles. The molecule has 1 rings (SSSR count). The number of para-hydroxylation sites is 1. The lowest BCUT2D eigenvalue weighted by molar-refractivity contribution is -0.274. The zero-order valence-corrected chi connectivity index (χ0v) is 9.38. The number of carboxylic acid groups (broad SMARTS) is 2. The fourth-order valence-electron chi connectivity index (χ4n) is 1.32. The molecule has 7 nitrogen and oxygen atoms in total. The number of benzene rings is 1. The van der Waals surface area contributed by atoms with E-state index in [2.05, 4.69) is 4.74 Å². The Morgan fingerprint density at radius 3 is 2.20 bits per heavy atom. The van der Waals surface area contributed by atoms with E-state index in [9.17, 15) is 22.8 Å². The van der Waals surface area contributed by atoms with Crippen LogP contribution in [0, 0.1) is 11.3 Å². The van der Waals surface area contributed by atoms with Crippen LogP contribution in [0.15, 0.2) is 18.2 Å². The second kappa shape index (κ2) is 5.35. The van der Waals surface area contributed by atoms with Crippen LogP contribution in [0.4, 0.5) is 28.4 Å². The van der Waals surface area contributed by atoms with Gasteiger partial charge in [-0.15, -0.1) is 13.2 Å². The average Bonchev–Trinajstić information content (AvgIpc) is 2.28. The lowest BCUT2D eigenvalue weighted by Crippen LogP contribution is -2.35. The smallest absolute Gasteiger partial charge is 0.464 e. The third-order valence-corrected chi connectivity index (χ3v) is 1.95. The number of alkyl halides is 3. The Hall–Kier alpha value is -2.96. The number of halogens is 3. The van der Waals surface area contributed by atoms with Gasteiger partial charge in [0.15, 0.2) is 5.75 Å². The molecule has 1 aromatic carbocycles. The molecule has 106 valence electrons. The zero-order chi connectivity index (χ0) is 15.5. The molecule has 10 heteroatoms. The minimum absolute atomic E-state index is 0.431. The summed E-state index contributed by atoms with van der Waals surface area (Å²) in [5, 5.41) is 26.2. The van der Waals surface area contributed by atoms with Gasteiger partial charge in [0, 0.05) is 0 Å². The lowest BCUT2D eigenvalue weighted by atomic mass is 10.1. The predicted octanol–water partition coefficient (Wildman–Crippen LogP) is 2.62. The molecule has 0 atom stereocenters. The quantitative estimate of drug-likeness (QED) is 0.866. The molecule has 1 aromatic rings. The molecular weight excluding hydrogens is 285 g/mol. The van der Waals surface area contributed by atoms with E-state index >= 15 is 0 Å². The summed E-state index contributed by atoms with van der Waals surface area (Å²) < 4.78 is 40.1. The first-order valence-corrected chi connectivity index (χ1v) is 4.72. The van der Waals surface area contributed by atoms with Crippen molar-refractivity contribution in [1.82, 2.24) is 0 Å². The van der Waals surface area contributed by atoms with Crippen molar-refractivity contribution in [2.75, 3.05) is 4.90 Å². The van der Waals surface area contributed by atoms with Crippen LogP contribution in [0.3, 0.4) is 0 Å². The lowest BCUT2D eigenvalue weighted by Gasteiger charge is -2.19. The van der Waals surface area contributed by atoms with E-state index in [0.29, 0.717) is 6.07 Å². The summed E-state index contributed by atoms with van der Waals surface area (Å²) in [6.07, 6.45) is -9.33. The van der Waals surface area contributed by atoms with Crippen molar-refractivity contribution in [2.45, 2.75) is 6.36 Å². The summed E-state index contributed by atoms with van der Waals surface area (Å²) in [5.74, 6) is -1.11. The largest absolute Gasteiger partial charge is 0.573 e. The average molecular weight is 290 g/mol. The molecule has 0 bridgehead atoms. The van der Waals surface area contributed by atoms with Crippen LogP contribution in [0.25, 0.3) is 0 Å². The van der Waals surface area contributed by atoms with Crippen molar-refractivity contribution < 1.29 is 37.7 Å². The van der Waals surface area contributed by atoms with Gasteiger partial charge in [0.1, 0.15) is 11.8 Å². The summed E-state index contributed by atoms with van der Waals surface area (Å²) in [7, 11) is 0. The normalized spacial score (nSPS) is 10.5. The van der Waals surface area contributed by atoms with Crippen molar-refractivity contribution >= 4 is 17.9 Å². The van der Waals surface area contributed by atoms with Gasteiger partial charge in [-0.2, -0.15) is 10.2 Å². The maximum absolute atomic E-state index is 12.2. The molecule has 0 radical (unpaired) electrons. The SMILES string of the molecule is N#Cc1cccc(OC(F)(F)F)c1N(C(=O)O)C(=O)O. The number of rotatable bonds is 2. The number of anilines is 1. The molecule has 0 aliphatic heterocycles. The predicted molar refractivity (Wildman–Crippen MR) is 56.4 cm³/mol. The molecule has 2 N–H and O–H groups in total. The minimum Gasteiger partial charge on any atom is -0.464 e. The summed E-state index contributed by atoms with van der Waals surface area (Å²) in [6.45, 7) is 0. The van der Waals surface area contributed by atoms with Crippen molar-refractivity contribution in [3.8, 4) is 11.8 Å². The van der Waals surface area contributed by atoms with Crippen LogP contribution < -0.4 is 9.64 Å². The van der Waals surface area contributed by atoms with Gasteiger partial charge in [-0.1, -0.05) is 6.07 Å². The number of hydrogen-bond acceptors (Lipinski definition) is 4. The summed E-state index contributed by atoms with van der Waals surface area (Å²) in [4.78, 5) is 21.2. The second-order valence-electron chi connectivity index (χ2n) is 3.21. The van der Waals surface area contributed by atoms with Gasteiger partial charge in [0.25, 0.3) is 0 Å². The summed E-state index contributed by atoms with van der Waals surface area (Å²) >= 11 is 0. The first-order chi connectivity index (χ1) is 9.17. The Bertz CT molecular complexity index is 580. The first kappa shape index (κ1) is 15.1. The Morgan fingerprint density at radius 2 is 1.80 bits per heavy atom. The Labute approximate surface area is 109 Å². The maximum atomic E-state index is 12.2. The number of nitriles is 1. The highest BCUT2D eigenvalue weighted by molar-refractivity contribution is 6.10. The van der Waals surface area contributed by atoms with E-state index < -0.39 is 40.4 Å². The van der Waals surface area contributed by atoms with Crippen molar-refractivity contribution in [3.05, 3.63) is 23.8 Å². The zero-order valence-electron chi connectivity index (χ0n) is 9.38. The molecule has 2 amide bonds. The molecular formula is C10H5F3N2O5. The second-order valence-corrected chi connectivity index (χ2v) is 3.21. The van der Waals surface area contributed by atoms with E-state index in [1.54, 1.807) is 0 Å². The standard InChI is InChI=1S/C10H5F3N2O5/c11-10(12,13)20-6-3-1-2-5(4-14)7(6)15(8(16)17)9(18)19/h1-3H,(H,16,17)(H,18,19). The fourth-order valence-corrected chi connectivity index (χ4v) is 1.32. The third kappa shape index (κ3) is 3.29. The van der Waals surface area contributed by atoms with Gasteiger partial charge >= 0.3 is 18.5 Å². The van der Waals surface area contributed by atoms with Crippen LogP contribution in [-0.2, 0) is 0 Å². The first-order valence-electron chi connectivity index (χ1n) is 4.72. The van der Waals surface area contributed by atoms with Crippen molar-refractivity contribution in [2.24, 2.45) is 0 Å². The third-order valence-electron chi connectivity index (χ3n) is 1.95. The van der Waals surface area contributed by atoms with Gasteiger partial charge in [-0.3, -0.25) is 0 Å². The summed E-state index contributed by atoms with van der Waals surface area (Å²) in [6, 6.07) is 4.04. The molecule has 0 saturated carbocycles. The van der Waals surface area contributed by atoms with Crippen LogP contribution in [0.2, 0.25) is 0 Å². The molecule has 0 aliphatic rings. The molecule has 0 aromatic heterocycles. The highest BCUT2D eigenvalue weighted by Crippen LogP contribution is 2.35. The van der Waals surface area contributed by atoms with Gasteiger partial charge in [-0.25, -0.2) is 9.59 Å². The number of ether oxygens (including phenoxy) is 1. The van der Waals surface area contributed by atoms with Crippen LogP contribution in [-0.4, -0.2) is 28.8 Å². The van der Waals surface area contributed by atoms with Gasteiger partial charge in [0.05, 0.1) is 5.56 Å². The van der Waals surface area contributed by atoms with Crippen LogP contribution in [0.5, 0.6) is 5.75 Å². The van der Waals surface area contributed by atoms with Gasteiger partial charge < -0.3 is 14.9 Å².